The van der Waals surface area contributed by atoms with Gasteiger partial charge in [-0.25, -0.2) is 9.59 Å². The average molecular weight is 348 g/mol. The summed E-state index contributed by atoms with van der Waals surface area (Å²) < 4.78 is 11.0. The maximum Gasteiger partial charge on any atom is 0.335 e. The second-order valence-corrected chi connectivity index (χ2v) is 5.93. The molecule has 1 aromatic rings. The summed E-state index contributed by atoms with van der Waals surface area (Å²) in [6.45, 7) is 6.13. The van der Waals surface area contributed by atoms with Crippen LogP contribution in [0, 0.1) is 0 Å². The van der Waals surface area contributed by atoms with Gasteiger partial charge in [-0.15, -0.1) is 0 Å². The van der Waals surface area contributed by atoms with Crippen LogP contribution in [0.25, 0.3) is 0 Å². The summed E-state index contributed by atoms with van der Waals surface area (Å²) in [5.74, 6) is -0.624. The Morgan fingerprint density at radius 3 is 2.40 bits per heavy atom. The van der Waals surface area contributed by atoms with Gasteiger partial charge in [-0.05, 0) is 56.4 Å². The highest BCUT2D eigenvalue weighted by atomic mass is 16.5. The van der Waals surface area contributed by atoms with Crippen molar-refractivity contribution in [3.63, 3.8) is 0 Å². The minimum Gasteiger partial charge on any atom is -0.494 e. The molecule has 1 unspecified atom stereocenters. The number of hydrogen-bond acceptors (Lipinski definition) is 4. The van der Waals surface area contributed by atoms with Crippen molar-refractivity contribution in [3.05, 3.63) is 42.5 Å². The molecule has 5 nitrogen and oxygen atoms in total. The van der Waals surface area contributed by atoms with E-state index in [-0.39, 0.29) is 17.6 Å². The van der Waals surface area contributed by atoms with Crippen LogP contribution in [0.1, 0.15) is 62.2 Å². The van der Waals surface area contributed by atoms with Gasteiger partial charge in [-0.3, -0.25) is 0 Å². The van der Waals surface area contributed by atoms with E-state index in [0.717, 1.165) is 44.9 Å². The Balaban J connectivity index is 2.21. The molecule has 0 aromatic heterocycles. The zero-order valence-electron chi connectivity index (χ0n) is 14.9. The number of carboxylic acids is 1. The number of ether oxygens (including phenoxy) is 2. The number of aromatic carboxylic acids is 1. The van der Waals surface area contributed by atoms with E-state index in [1.54, 1.807) is 12.1 Å². The van der Waals surface area contributed by atoms with Crippen molar-refractivity contribution < 1.29 is 24.2 Å². The van der Waals surface area contributed by atoms with Crippen LogP contribution >= 0.6 is 0 Å². The maximum absolute atomic E-state index is 11.3. The van der Waals surface area contributed by atoms with E-state index in [9.17, 15) is 9.59 Å². The molecule has 0 amide bonds. The lowest BCUT2D eigenvalue weighted by molar-refractivity contribution is -0.143. The largest absolute Gasteiger partial charge is 0.494 e. The van der Waals surface area contributed by atoms with E-state index < -0.39 is 5.97 Å². The molecule has 1 rings (SSSR count). The molecule has 1 atom stereocenters. The first-order valence-corrected chi connectivity index (χ1v) is 8.86. The maximum atomic E-state index is 11.3. The third-order valence-electron chi connectivity index (χ3n) is 3.87. The lowest BCUT2D eigenvalue weighted by Gasteiger charge is -2.16. The Kier molecular flexibility index (Phi) is 10.1. The fraction of sp³-hybridized carbons (Fsp3) is 0.500. The third-order valence-corrected chi connectivity index (χ3v) is 3.87. The molecule has 5 heteroatoms. The Morgan fingerprint density at radius 1 is 1.12 bits per heavy atom. The van der Waals surface area contributed by atoms with Crippen LogP contribution < -0.4 is 4.74 Å². The molecule has 0 bridgehead atoms. The van der Waals surface area contributed by atoms with Crippen LogP contribution in [-0.2, 0) is 9.53 Å². The van der Waals surface area contributed by atoms with Crippen molar-refractivity contribution in [2.75, 3.05) is 6.61 Å². The van der Waals surface area contributed by atoms with Crippen LogP contribution in [0.3, 0.4) is 0 Å². The molecular weight excluding hydrogens is 320 g/mol. The number of esters is 1. The molecule has 0 aliphatic rings. The number of carboxylic acid groups (broad SMARTS) is 1. The van der Waals surface area contributed by atoms with Gasteiger partial charge in [0, 0.05) is 6.08 Å². The number of carbonyl (C=O) groups is 2. The van der Waals surface area contributed by atoms with Crippen LogP contribution in [0.2, 0.25) is 0 Å². The summed E-state index contributed by atoms with van der Waals surface area (Å²) in [7, 11) is 0. The quantitative estimate of drug-likeness (QED) is 0.320. The fourth-order valence-electron chi connectivity index (χ4n) is 2.44. The van der Waals surface area contributed by atoms with E-state index >= 15 is 0 Å². The monoisotopic (exact) mass is 348 g/mol. The summed E-state index contributed by atoms with van der Waals surface area (Å²) >= 11 is 0. The first-order chi connectivity index (χ1) is 12.1. The molecule has 0 heterocycles. The van der Waals surface area contributed by atoms with Gasteiger partial charge >= 0.3 is 11.9 Å². The van der Waals surface area contributed by atoms with E-state index in [4.69, 9.17) is 14.6 Å². The smallest absolute Gasteiger partial charge is 0.335 e. The Morgan fingerprint density at radius 2 is 1.80 bits per heavy atom. The van der Waals surface area contributed by atoms with Crippen LogP contribution in [0.5, 0.6) is 5.75 Å². The van der Waals surface area contributed by atoms with E-state index in [1.807, 2.05) is 0 Å². The highest BCUT2D eigenvalue weighted by Crippen LogP contribution is 2.15. The number of rotatable bonds is 13. The lowest BCUT2D eigenvalue weighted by Crippen LogP contribution is -2.16. The minimum atomic E-state index is -0.943. The second kappa shape index (κ2) is 12.1. The zero-order chi connectivity index (χ0) is 18.5. The molecule has 0 saturated carbocycles. The third kappa shape index (κ3) is 8.94. The topological polar surface area (TPSA) is 72.8 Å². The summed E-state index contributed by atoms with van der Waals surface area (Å²) in [4.78, 5) is 22.1. The van der Waals surface area contributed by atoms with E-state index in [0.29, 0.717) is 12.4 Å². The van der Waals surface area contributed by atoms with Gasteiger partial charge in [0.25, 0.3) is 0 Å². The van der Waals surface area contributed by atoms with Crippen LogP contribution in [0.4, 0.5) is 0 Å². The predicted octanol–water partition coefficient (Wildman–Crippen LogP) is 4.61. The SMILES string of the molecule is C=CC(=O)OC(CCCC)CCCCCOc1ccc(C(=O)O)cc1. The molecule has 0 aliphatic carbocycles. The minimum absolute atomic E-state index is 0.0325. The first-order valence-electron chi connectivity index (χ1n) is 8.86. The fourth-order valence-corrected chi connectivity index (χ4v) is 2.44. The molecule has 0 spiro atoms. The van der Waals surface area contributed by atoms with Gasteiger partial charge in [-0.2, -0.15) is 0 Å². The zero-order valence-corrected chi connectivity index (χ0v) is 14.9. The molecule has 25 heavy (non-hydrogen) atoms. The summed E-state index contributed by atoms with van der Waals surface area (Å²) in [6, 6.07) is 6.39. The highest BCUT2D eigenvalue weighted by Gasteiger charge is 2.11. The molecule has 0 aliphatic heterocycles. The van der Waals surface area contributed by atoms with Gasteiger partial charge < -0.3 is 14.6 Å². The number of carbonyl (C=O) groups excluding carboxylic acids is 1. The van der Waals surface area contributed by atoms with E-state index in [2.05, 4.69) is 13.5 Å². The van der Waals surface area contributed by atoms with Crippen molar-refractivity contribution in [3.8, 4) is 5.75 Å². The molecule has 1 N–H and O–H groups in total. The molecule has 0 radical (unpaired) electrons. The predicted molar refractivity (Wildman–Crippen MR) is 97.0 cm³/mol. The molecule has 0 saturated heterocycles. The average Bonchev–Trinajstić information content (AvgIpc) is 2.62. The first kappa shape index (κ1) is 20.7. The summed E-state index contributed by atoms with van der Waals surface area (Å²) in [5, 5.41) is 8.84. The van der Waals surface area contributed by atoms with Gasteiger partial charge in [-0.1, -0.05) is 26.3 Å². The van der Waals surface area contributed by atoms with Crippen molar-refractivity contribution in [1.29, 1.82) is 0 Å². The molecule has 1 aromatic carbocycles. The van der Waals surface area contributed by atoms with E-state index in [1.165, 1.54) is 18.2 Å². The summed E-state index contributed by atoms with van der Waals surface area (Å²) in [6.07, 6.45) is 7.91. The van der Waals surface area contributed by atoms with Crippen molar-refractivity contribution >= 4 is 11.9 Å². The van der Waals surface area contributed by atoms with Crippen molar-refractivity contribution in [2.24, 2.45) is 0 Å². The second-order valence-electron chi connectivity index (χ2n) is 5.93. The standard InChI is InChI=1S/C20H28O5/c1-3-5-9-18(25-19(21)4-2)10-7-6-8-15-24-17-13-11-16(12-14-17)20(22)23/h4,11-14,18H,2-3,5-10,15H2,1H3,(H,22,23). The summed E-state index contributed by atoms with van der Waals surface area (Å²) in [5.41, 5.74) is 0.250. The number of unbranched alkanes of at least 4 members (excludes halogenated alkanes) is 3. The van der Waals surface area contributed by atoms with Crippen LogP contribution in [-0.4, -0.2) is 29.8 Å². The highest BCUT2D eigenvalue weighted by molar-refractivity contribution is 5.87. The normalized spacial score (nSPS) is 11.6. The van der Waals surface area contributed by atoms with Gasteiger partial charge in [0.15, 0.2) is 0 Å². The lowest BCUT2D eigenvalue weighted by atomic mass is 10.1. The molecule has 138 valence electrons. The molecular formula is C20H28O5. The van der Waals surface area contributed by atoms with Crippen LogP contribution in [0.15, 0.2) is 36.9 Å². The van der Waals surface area contributed by atoms with Gasteiger partial charge in [0.05, 0.1) is 12.2 Å². The number of hydrogen-bond donors (Lipinski definition) is 1. The van der Waals surface area contributed by atoms with Gasteiger partial charge in [0.2, 0.25) is 0 Å². The van der Waals surface area contributed by atoms with Crippen molar-refractivity contribution in [1.82, 2.24) is 0 Å². The van der Waals surface area contributed by atoms with Crippen molar-refractivity contribution in [2.45, 2.75) is 58.0 Å². The Labute approximate surface area is 149 Å². The van der Waals surface area contributed by atoms with Gasteiger partial charge in [0.1, 0.15) is 11.9 Å². The molecule has 0 fully saturated rings. The number of benzene rings is 1. The Hall–Kier alpha value is -2.30. The Bertz CT molecular complexity index is 536.